The first kappa shape index (κ1) is 12.8. The molecule has 5 nitrogen and oxygen atoms in total. The number of anilines is 1. The Morgan fingerprint density at radius 1 is 1.61 bits per heavy atom. The van der Waals surface area contributed by atoms with Crippen LogP contribution in [0.2, 0.25) is 0 Å². The molecule has 2 N–H and O–H groups in total. The van der Waals surface area contributed by atoms with E-state index in [0.29, 0.717) is 11.7 Å². The Morgan fingerprint density at radius 3 is 2.94 bits per heavy atom. The third-order valence-corrected chi connectivity index (χ3v) is 2.66. The predicted octanol–water partition coefficient (Wildman–Crippen LogP) is 1.23. The summed E-state index contributed by atoms with van der Waals surface area (Å²) in [5, 5.41) is 9.58. The lowest BCUT2D eigenvalue weighted by Gasteiger charge is -2.13. The van der Waals surface area contributed by atoms with Crippen LogP contribution >= 0.6 is 0 Å². The standard InChI is InChI=1S/C11H16F2N4O/c1-7(11(18)16-8-2-3-8)15-9-4-14-17(5-9)6-10(12)13/h4-5,7-8,10,15H,2-3,6H2,1H3,(H,16,18). The van der Waals surface area contributed by atoms with Crippen molar-refractivity contribution in [3.63, 3.8) is 0 Å². The number of carbonyl (C=O) groups excluding carboxylic acids is 1. The van der Waals surface area contributed by atoms with Gasteiger partial charge < -0.3 is 10.6 Å². The minimum atomic E-state index is -2.44. The Balaban J connectivity index is 1.83. The number of alkyl halides is 2. The van der Waals surface area contributed by atoms with Gasteiger partial charge in [0.25, 0.3) is 6.43 Å². The topological polar surface area (TPSA) is 59.0 Å². The minimum Gasteiger partial charge on any atom is -0.371 e. The molecule has 0 bridgehead atoms. The predicted molar refractivity (Wildman–Crippen MR) is 62.5 cm³/mol. The lowest BCUT2D eigenvalue weighted by atomic mass is 10.3. The van der Waals surface area contributed by atoms with Crippen LogP contribution in [0.4, 0.5) is 14.5 Å². The number of halogens is 2. The van der Waals surface area contributed by atoms with E-state index in [-0.39, 0.29) is 5.91 Å². The van der Waals surface area contributed by atoms with Gasteiger partial charge in [0, 0.05) is 12.2 Å². The van der Waals surface area contributed by atoms with Crippen molar-refractivity contribution in [3.05, 3.63) is 12.4 Å². The maximum absolute atomic E-state index is 12.1. The maximum Gasteiger partial charge on any atom is 0.257 e. The first-order valence-electron chi connectivity index (χ1n) is 5.92. The second kappa shape index (κ2) is 5.32. The average Bonchev–Trinajstić information content (AvgIpc) is 2.99. The van der Waals surface area contributed by atoms with E-state index >= 15 is 0 Å². The van der Waals surface area contributed by atoms with E-state index < -0.39 is 19.0 Å². The largest absolute Gasteiger partial charge is 0.371 e. The van der Waals surface area contributed by atoms with Gasteiger partial charge in [0.2, 0.25) is 5.91 Å². The van der Waals surface area contributed by atoms with Crippen molar-refractivity contribution >= 4 is 11.6 Å². The fourth-order valence-electron chi connectivity index (χ4n) is 1.55. The molecule has 1 aliphatic carbocycles. The number of amides is 1. The Hall–Kier alpha value is -1.66. The molecule has 0 saturated heterocycles. The van der Waals surface area contributed by atoms with Gasteiger partial charge in [0.1, 0.15) is 12.6 Å². The molecule has 1 unspecified atom stereocenters. The maximum atomic E-state index is 12.1. The molecule has 1 aromatic rings. The quantitative estimate of drug-likeness (QED) is 0.806. The normalized spacial score (nSPS) is 16.7. The molecule has 0 aliphatic heterocycles. The Kier molecular flexibility index (Phi) is 3.78. The van der Waals surface area contributed by atoms with Crippen LogP contribution in [0, 0.1) is 0 Å². The molecule has 1 aromatic heterocycles. The van der Waals surface area contributed by atoms with E-state index in [0.717, 1.165) is 17.5 Å². The van der Waals surface area contributed by atoms with E-state index in [1.807, 2.05) is 0 Å². The fraction of sp³-hybridized carbons (Fsp3) is 0.636. The van der Waals surface area contributed by atoms with Crippen LogP contribution in [-0.2, 0) is 11.3 Å². The summed E-state index contributed by atoms with van der Waals surface area (Å²) in [6.07, 6.45) is 2.53. The van der Waals surface area contributed by atoms with Crippen LogP contribution in [0.25, 0.3) is 0 Å². The van der Waals surface area contributed by atoms with Gasteiger partial charge in [0.05, 0.1) is 11.9 Å². The van der Waals surface area contributed by atoms with Crippen molar-refractivity contribution < 1.29 is 13.6 Å². The zero-order chi connectivity index (χ0) is 13.1. The van der Waals surface area contributed by atoms with E-state index in [9.17, 15) is 13.6 Å². The number of nitrogens with one attached hydrogen (secondary N) is 2. The van der Waals surface area contributed by atoms with Crippen molar-refractivity contribution in [2.45, 2.75) is 44.8 Å². The van der Waals surface area contributed by atoms with E-state index in [1.165, 1.54) is 12.4 Å². The van der Waals surface area contributed by atoms with Crippen LogP contribution in [0.15, 0.2) is 12.4 Å². The Labute approximate surface area is 104 Å². The molecule has 7 heteroatoms. The molecule has 1 saturated carbocycles. The van der Waals surface area contributed by atoms with Gasteiger partial charge in [-0.2, -0.15) is 5.10 Å². The summed E-state index contributed by atoms with van der Waals surface area (Å²) in [7, 11) is 0. The van der Waals surface area contributed by atoms with Gasteiger partial charge in [-0.05, 0) is 19.8 Å². The second-order valence-electron chi connectivity index (χ2n) is 4.49. The molecule has 1 fully saturated rings. The highest BCUT2D eigenvalue weighted by Crippen LogP contribution is 2.19. The van der Waals surface area contributed by atoms with Crippen LogP contribution in [0.1, 0.15) is 19.8 Å². The van der Waals surface area contributed by atoms with E-state index in [2.05, 4.69) is 15.7 Å². The van der Waals surface area contributed by atoms with Gasteiger partial charge in [-0.25, -0.2) is 8.78 Å². The van der Waals surface area contributed by atoms with Gasteiger partial charge in [-0.3, -0.25) is 9.48 Å². The van der Waals surface area contributed by atoms with Crippen molar-refractivity contribution in [1.82, 2.24) is 15.1 Å². The number of carbonyl (C=O) groups is 1. The number of aromatic nitrogens is 2. The SMILES string of the molecule is CC(Nc1cnn(CC(F)F)c1)C(=O)NC1CC1. The Morgan fingerprint density at radius 2 is 2.33 bits per heavy atom. The zero-order valence-electron chi connectivity index (χ0n) is 10.1. The monoisotopic (exact) mass is 258 g/mol. The molecule has 0 spiro atoms. The molecule has 1 amide bonds. The Bertz CT molecular complexity index is 417. The van der Waals surface area contributed by atoms with Gasteiger partial charge >= 0.3 is 0 Å². The molecule has 1 heterocycles. The first-order valence-corrected chi connectivity index (χ1v) is 5.92. The van der Waals surface area contributed by atoms with Gasteiger partial charge in [-0.15, -0.1) is 0 Å². The molecule has 0 aromatic carbocycles. The summed E-state index contributed by atoms with van der Waals surface area (Å²) < 4.78 is 25.4. The zero-order valence-corrected chi connectivity index (χ0v) is 10.1. The molecule has 2 rings (SSSR count). The highest BCUT2D eigenvalue weighted by molar-refractivity contribution is 5.84. The van der Waals surface area contributed by atoms with Gasteiger partial charge in [0.15, 0.2) is 0 Å². The number of hydrogen-bond acceptors (Lipinski definition) is 3. The van der Waals surface area contributed by atoms with Crippen LogP contribution in [0.5, 0.6) is 0 Å². The summed E-state index contributed by atoms with van der Waals surface area (Å²) in [5.74, 6) is -0.0842. The smallest absolute Gasteiger partial charge is 0.257 e. The molecule has 1 aliphatic rings. The molecular formula is C11H16F2N4O. The van der Waals surface area contributed by atoms with Crippen LogP contribution in [0.3, 0.4) is 0 Å². The second-order valence-corrected chi connectivity index (χ2v) is 4.49. The molecular weight excluding hydrogens is 242 g/mol. The number of rotatable bonds is 6. The van der Waals surface area contributed by atoms with E-state index in [1.54, 1.807) is 6.92 Å². The third kappa shape index (κ3) is 3.68. The molecule has 100 valence electrons. The molecule has 0 radical (unpaired) electrons. The lowest BCUT2D eigenvalue weighted by Crippen LogP contribution is -2.38. The molecule has 18 heavy (non-hydrogen) atoms. The minimum absolute atomic E-state index is 0.0842. The summed E-state index contributed by atoms with van der Waals surface area (Å²) in [5.41, 5.74) is 0.564. The van der Waals surface area contributed by atoms with Crippen molar-refractivity contribution in [2.24, 2.45) is 0 Å². The van der Waals surface area contributed by atoms with Crippen molar-refractivity contribution in [1.29, 1.82) is 0 Å². The highest BCUT2D eigenvalue weighted by Gasteiger charge is 2.25. The van der Waals surface area contributed by atoms with E-state index in [4.69, 9.17) is 0 Å². The highest BCUT2D eigenvalue weighted by atomic mass is 19.3. The van der Waals surface area contributed by atoms with Crippen molar-refractivity contribution in [3.8, 4) is 0 Å². The van der Waals surface area contributed by atoms with Crippen LogP contribution < -0.4 is 10.6 Å². The summed E-state index contributed by atoms with van der Waals surface area (Å²) in [6.45, 7) is 1.28. The first-order chi connectivity index (χ1) is 8.54. The van der Waals surface area contributed by atoms with Crippen molar-refractivity contribution in [2.75, 3.05) is 5.32 Å². The third-order valence-electron chi connectivity index (χ3n) is 2.66. The number of hydrogen-bond donors (Lipinski definition) is 2. The molecule has 1 atom stereocenters. The van der Waals surface area contributed by atoms with Gasteiger partial charge in [-0.1, -0.05) is 0 Å². The van der Waals surface area contributed by atoms with Crippen LogP contribution in [-0.4, -0.2) is 34.2 Å². The summed E-state index contributed by atoms with van der Waals surface area (Å²) in [6, 6.07) is -0.0990. The average molecular weight is 258 g/mol. The summed E-state index contributed by atoms with van der Waals surface area (Å²) in [4.78, 5) is 11.7. The number of nitrogens with zero attached hydrogens (tertiary/aromatic N) is 2. The lowest BCUT2D eigenvalue weighted by molar-refractivity contribution is -0.121. The fourth-order valence-corrected chi connectivity index (χ4v) is 1.55. The summed E-state index contributed by atoms with van der Waals surface area (Å²) >= 11 is 0.